The van der Waals surface area contributed by atoms with Crippen molar-refractivity contribution >= 4 is 5.82 Å². The highest BCUT2D eigenvalue weighted by atomic mass is 16.5. The van der Waals surface area contributed by atoms with Crippen LogP contribution in [-0.2, 0) is 4.74 Å². The van der Waals surface area contributed by atoms with Crippen molar-refractivity contribution in [2.45, 2.75) is 12.5 Å². The van der Waals surface area contributed by atoms with Gasteiger partial charge in [0.15, 0.2) is 0 Å². The lowest BCUT2D eigenvalue weighted by atomic mass is 10.3. The van der Waals surface area contributed by atoms with Crippen LogP contribution in [0, 0.1) is 0 Å². The highest BCUT2D eigenvalue weighted by molar-refractivity contribution is 5.36. The van der Waals surface area contributed by atoms with Crippen molar-refractivity contribution < 1.29 is 9.47 Å². The molecule has 0 saturated carbocycles. The highest BCUT2D eigenvalue weighted by Gasteiger charge is 2.17. The smallest absolute Gasteiger partial charge is 0.218 e. The molecule has 1 aromatic rings. The minimum Gasteiger partial charge on any atom is -0.472 e. The molecule has 1 unspecified atom stereocenters. The largest absolute Gasteiger partial charge is 0.472 e. The summed E-state index contributed by atoms with van der Waals surface area (Å²) in [6.07, 6.45) is 2.55. The van der Waals surface area contributed by atoms with Gasteiger partial charge in [0.1, 0.15) is 18.2 Å². The normalized spacial score (nSPS) is 20.8. The number of hydrogen-bond acceptors (Lipinski definition) is 5. The third-order valence-corrected chi connectivity index (χ3v) is 2.07. The predicted molar refractivity (Wildman–Crippen MR) is 51.4 cm³/mol. The van der Waals surface area contributed by atoms with Gasteiger partial charge in [0.2, 0.25) is 5.88 Å². The Kier molecular flexibility index (Phi) is 2.78. The zero-order valence-electron chi connectivity index (χ0n) is 8.06. The molecule has 1 fully saturated rings. The number of rotatable bonds is 3. The fourth-order valence-electron chi connectivity index (χ4n) is 1.32. The lowest BCUT2D eigenvalue weighted by Crippen LogP contribution is -2.16. The number of nitrogens with one attached hydrogen (secondary N) is 1. The minimum atomic E-state index is 0.134. The first kappa shape index (κ1) is 9.21. The second kappa shape index (κ2) is 4.23. The molecule has 0 bridgehead atoms. The number of ether oxygens (including phenoxy) is 2. The van der Waals surface area contributed by atoms with Crippen LogP contribution in [0.25, 0.3) is 0 Å². The van der Waals surface area contributed by atoms with Crippen molar-refractivity contribution in [1.29, 1.82) is 0 Å². The summed E-state index contributed by atoms with van der Waals surface area (Å²) in [7, 11) is 1.81. The van der Waals surface area contributed by atoms with Crippen LogP contribution in [0.4, 0.5) is 5.82 Å². The zero-order valence-corrected chi connectivity index (χ0v) is 8.06. The van der Waals surface area contributed by atoms with E-state index in [4.69, 9.17) is 9.47 Å². The van der Waals surface area contributed by atoms with E-state index in [0.29, 0.717) is 12.5 Å². The summed E-state index contributed by atoms with van der Waals surface area (Å²) in [6, 6.07) is 1.78. The Morgan fingerprint density at radius 1 is 1.57 bits per heavy atom. The van der Waals surface area contributed by atoms with E-state index in [0.717, 1.165) is 18.8 Å². The van der Waals surface area contributed by atoms with Crippen molar-refractivity contribution in [1.82, 2.24) is 9.97 Å². The van der Waals surface area contributed by atoms with Crippen molar-refractivity contribution in [3.05, 3.63) is 12.4 Å². The van der Waals surface area contributed by atoms with Crippen LogP contribution in [0.1, 0.15) is 6.42 Å². The molecule has 0 amide bonds. The minimum absolute atomic E-state index is 0.134. The fourth-order valence-corrected chi connectivity index (χ4v) is 1.32. The maximum absolute atomic E-state index is 5.60. The van der Waals surface area contributed by atoms with Crippen LogP contribution in [0.15, 0.2) is 12.4 Å². The molecule has 1 aromatic heterocycles. The average molecular weight is 195 g/mol. The molecule has 76 valence electrons. The molecule has 0 aliphatic carbocycles. The molecule has 14 heavy (non-hydrogen) atoms. The van der Waals surface area contributed by atoms with Crippen LogP contribution in [-0.4, -0.2) is 36.3 Å². The topological polar surface area (TPSA) is 56.3 Å². The van der Waals surface area contributed by atoms with Gasteiger partial charge in [-0.1, -0.05) is 0 Å². The van der Waals surface area contributed by atoms with Gasteiger partial charge in [-0.15, -0.1) is 0 Å². The maximum atomic E-state index is 5.60. The fraction of sp³-hybridized carbons (Fsp3) is 0.556. The van der Waals surface area contributed by atoms with Crippen molar-refractivity contribution in [3.63, 3.8) is 0 Å². The summed E-state index contributed by atoms with van der Waals surface area (Å²) < 4.78 is 10.8. The number of nitrogens with zero attached hydrogens (tertiary/aromatic N) is 2. The Bertz CT molecular complexity index is 300. The molecule has 0 aromatic carbocycles. The molecule has 0 radical (unpaired) electrons. The van der Waals surface area contributed by atoms with Gasteiger partial charge in [0.25, 0.3) is 0 Å². The first-order valence-corrected chi connectivity index (χ1v) is 4.62. The van der Waals surface area contributed by atoms with Crippen molar-refractivity contribution in [3.8, 4) is 5.88 Å². The Balaban J connectivity index is 2.00. The quantitative estimate of drug-likeness (QED) is 0.768. The average Bonchev–Trinajstić information content (AvgIpc) is 2.71. The summed E-state index contributed by atoms with van der Waals surface area (Å²) in [5.74, 6) is 1.36. The van der Waals surface area contributed by atoms with Crippen molar-refractivity contribution in [2.24, 2.45) is 0 Å². The van der Waals surface area contributed by atoms with E-state index < -0.39 is 0 Å². The van der Waals surface area contributed by atoms with Crippen LogP contribution in [0.2, 0.25) is 0 Å². The monoisotopic (exact) mass is 195 g/mol. The van der Waals surface area contributed by atoms with E-state index in [1.807, 2.05) is 7.05 Å². The van der Waals surface area contributed by atoms with Gasteiger partial charge in [-0.05, 0) is 0 Å². The second-order valence-corrected chi connectivity index (χ2v) is 3.09. The van der Waals surface area contributed by atoms with Gasteiger partial charge in [-0.25, -0.2) is 9.97 Å². The van der Waals surface area contributed by atoms with E-state index in [2.05, 4.69) is 15.3 Å². The molecular weight excluding hydrogens is 182 g/mol. The maximum Gasteiger partial charge on any atom is 0.218 e. The van der Waals surface area contributed by atoms with E-state index in [1.165, 1.54) is 6.33 Å². The van der Waals surface area contributed by atoms with Gasteiger partial charge in [-0.2, -0.15) is 0 Å². The van der Waals surface area contributed by atoms with Crippen LogP contribution >= 0.6 is 0 Å². The van der Waals surface area contributed by atoms with Crippen LogP contribution in [0.3, 0.4) is 0 Å². The number of hydrogen-bond donors (Lipinski definition) is 1. The first-order valence-electron chi connectivity index (χ1n) is 4.62. The summed E-state index contributed by atoms with van der Waals surface area (Å²) in [5.41, 5.74) is 0. The van der Waals surface area contributed by atoms with Gasteiger partial charge in [-0.3, -0.25) is 0 Å². The van der Waals surface area contributed by atoms with Gasteiger partial charge in [0, 0.05) is 19.5 Å². The summed E-state index contributed by atoms with van der Waals surface area (Å²) in [5, 5.41) is 2.93. The molecule has 2 heterocycles. The number of anilines is 1. The van der Waals surface area contributed by atoms with Crippen LogP contribution < -0.4 is 10.1 Å². The molecule has 1 aliphatic rings. The summed E-state index contributed by atoms with van der Waals surface area (Å²) in [6.45, 7) is 1.42. The SMILES string of the molecule is CNc1cc(OC2CCOC2)ncn1. The summed E-state index contributed by atoms with van der Waals surface area (Å²) >= 11 is 0. The van der Waals surface area contributed by atoms with E-state index in [-0.39, 0.29) is 6.10 Å². The molecule has 1 saturated heterocycles. The van der Waals surface area contributed by atoms with E-state index >= 15 is 0 Å². The molecule has 5 nitrogen and oxygen atoms in total. The third kappa shape index (κ3) is 2.11. The van der Waals surface area contributed by atoms with Gasteiger partial charge >= 0.3 is 0 Å². The standard InChI is InChI=1S/C9H13N3O2/c1-10-8-4-9(12-6-11-8)14-7-2-3-13-5-7/h4,6-7H,2-3,5H2,1H3,(H,10,11,12). The molecule has 5 heteroatoms. The lowest BCUT2D eigenvalue weighted by Gasteiger charge is -2.10. The summed E-state index contributed by atoms with van der Waals surface area (Å²) in [4.78, 5) is 8.02. The first-order chi connectivity index (χ1) is 6.88. The molecule has 0 spiro atoms. The van der Waals surface area contributed by atoms with Crippen LogP contribution in [0.5, 0.6) is 5.88 Å². The Morgan fingerprint density at radius 2 is 2.50 bits per heavy atom. The lowest BCUT2D eigenvalue weighted by molar-refractivity contribution is 0.138. The molecule has 1 atom stereocenters. The molecular formula is C9H13N3O2. The Labute approximate surface area is 82.5 Å². The zero-order chi connectivity index (χ0) is 9.80. The third-order valence-electron chi connectivity index (χ3n) is 2.07. The molecule has 1 N–H and O–H groups in total. The van der Waals surface area contributed by atoms with E-state index in [1.54, 1.807) is 6.07 Å². The highest BCUT2D eigenvalue weighted by Crippen LogP contribution is 2.15. The van der Waals surface area contributed by atoms with E-state index in [9.17, 15) is 0 Å². The van der Waals surface area contributed by atoms with Crippen molar-refractivity contribution in [2.75, 3.05) is 25.6 Å². The predicted octanol–water partition coefficient (Wildman–Crippen LogP) is 0.686. The Hall–Kier alpha value is -1.36. The van der Waals surface area contributed by atoms with Gasteiger partial charge in [0.05, 0.1) is 13.2 Å². The second-order valence-electron chi connectivity index (χ2n) is 3.09. The molecule has 2 rings (SSSR count). The number of aromatic nitrogens is 2. The molecule has 1 aliphatic heterocycles. The Morgan fingerprint density at radius 3 is 3.21 bits per heavy atom. The van der Waals surface area contributed by atoms with Gasteiger partial charge < -0.3 is 14.8 Å².